The van der Waals surface area contributed by atoms with Crippen LogP contribution in [0.3, 0.4) is 0 Å². The van der Waals surface area contributed by atoms with Crippen molar-refractivity contribution in [2.24, 2.45) is 5.41 Å². The van der Waals surface area contributed by atoms with Crippen LogP contribution in [0.1, 0.15) is 19.3 Å². The van der Waals surface area contributed by atoms with Crippen LogP contribution in [-0.4, -0.2) is 44.6 Å². The van der Waals surface area contributed by atoms with Gasteiger partial charge in [0.2, 0.25) is 0 Å². The molecule has 0 aromatic rings. The third kappa shape index (κ3) is 3.46. The van der Waals surface area contributed by atoms with Crippen LogP contribution in [0.15, 0.2) is 0 Å². The highest BCUT2D eigenvalue weighted by molar-refractivity contribution is 7.90. The maximum atomic E-state index is 11.2. The number of nitrogens with one attached hydrogen (secondary N) is 1. The molecule has 1 heterocycles. The lowest BCUT2D eigenvalue weighted by molar-refractivity contribution is -0.150. The van der Waals surface area contributed by atoms with Crippen LogP contribution in [0.5, 0.6) is 0 Å². The SMILES string of the molecule is CS(=O)(=O)CCC1(C(=O)O)CCCNC1. The van der Waals surface area contributed by atoms with Gasteiger partial charge in [0.15, 0.2) is 0 Å². The minimum absolute atomic E-state index is 0.0546. The molecule has 0 aromatic carbocycles. The monoisotopic (exact) mass is 235 g/mol. The zero-order chi connectivity index (χ0) is 11.5. The number of carboxylic acid groups (broad SMARTS) is 1. The maximum Gasteiger partial charge on any atom is 0.310 e. The molecule has 2 N–H and O–H groups in total. The standard InChI is InChI=1S/C9H17NO4S/c1-15(13,14)6-4-9(8(11)12)3-2-5-10-7-9/h10H,2-7H2,1H3,(H,11,12). The van der Waals surface area contributed by atoms with Gasteiger partial charge in [0.25, 0.3) is 0 Å². The summed E-state index contributed by atoms with van der Waals surface area (Å²) in [5.74, 6) is -0.945. The average molecular weight is 235 g/mol. The van der Waals surface area contributed by atoms with Crippen molar-refractivity contribution in [3.05, 3.63) is 0 Å². The molecule has 1 fully saturated rings. The first-order chi connectivity index (χ1) is 6.86. The van der Waals surface area contributed by atoms with Gasteiger partial charge >= 0.3 is 5.97 Å². The van der Waals surface area contributed by atoms with Crippen molar-refractivity contribution in [2.45, 2.75) is 19.3 Å². The van der Waals surface area contributed by atoms with Crippen LogP contribution in [0.25, 0.3) is 0 Å². The van der Waals surface area contributed by atoms with Crippen LogP contribution in [0.2, 0.25) is 0 Å². The van der Waals surface area contributed by atoms with Gasteiger partial charge in [-0.15, -0.1) is 0 Å². The van der Waals surface area contributed by atoms with Gasteiger partial charge in [-0.05, 0) is 25.8 Å². The quantitative estimate of drug-likeness (QED) is 0.709. The smallest absolute Gasteiger partial charge is 0.310 e. The van der Waals surface area contributed by atoms with Gasteiger partial charge in [0.05, 0.1) is 11.2 Å². The highest BCUT2D eigenvalue weighted by atomic mass is 32.2. The summed E-state index contributed by atoms with van der Waals surface area (Å²) in [7, 11) is -3.09. The normalized spacial score (nSPS) is 27.5. The molecular weight excluding hydrogens is 218 g/mol. The van der Waals surface area contributed by atoms with Crippen molar-refractivity contribution >= 4 is 15.8 Å². The van der Waals surface area contributed by atoms with Crippen molar-refractivity contribution in [2.75, 3.05) is 25.1 Å². The molecule has 6 heteroatoms. The molecule has 1 atom stereocenters. The third-order valence-electron chi connectivity index (χ3n) is 2.88. The van der Waals surface area contributed by atoms with E-state index in [1.54, 1.807) is 0 Å². The van der Waals surface area contributed by atoms with E-state index < -0.39 is 21.2 Å². The van der Waals surface area contributed by atoms with E-state index in [9.17, 15) is 13.2 Å². The Kier molecular flexibility index (Phi) is 3.72. The first-order valence-corrected chi connectivity index (χ1v) is 7.04. The highest BCUT2D eigenvalue weighted by Gasteiger charge is 2.39. The van der Waals surface area contributed by atoms with Crippen molar-refractivity contribution < 1.29 is 18.3 Å². The summed E-state index contributed by atoms with van der Waals surface area (Å²) < 4.78 is 22.1. The molecule has 5 nitrogen and oxygen atoms in total. The molecular formula is C9H17NO4S. The van der Waals surface area contributed by atoms with Gasteiger partial charge < -0.3 is 10.4 Å². The molecule has 1 rings (SSSR count). The second kappa shape index (κ2) is 4.49. The molecule has 1 unspecified atom stereocenters. The predicted molar refractivity (Wildman–Crippen MR) is 56.5 cm³/mol. The number of carboxylic acids is 1. The molecule has 0 saturated carbocycles. The first-order valence-electron chi connectivity index (χ1n) is 4.98. The fourth-order valence-corrected chi connectivity index (χ4v) is 2.61. The average Bonchev–Trinajstić information content (AvgIpc) is 2.15. The van der Waals surface area contributed by atoms with E-state index in [0.717, 1.165) is 19.2 Å². The van der Waals surface area contributed by atoms with E-state index in [1.807, 2.05) is 0 Å². The Morgan fingerprint density at radius 3 is 2.60 bits per heavy atom. The van der Waals surface area contributed by atoms with Crippen LogP contribution in [0, 0.1) is 5.41 Å². The second-order valence-electron chi connectivity index (χ2n) is 4.25. The summed E-state index contributed by atoms with van der Waals surface area (Å²) in [5.41, 5.74) is -0.888. The van der Waals surface area contributed by atoms with E-state index in [-0.39, 0.29) is 12.2 Å². The largest absolute Gasteiger partial charge is 0.481 e. The van der Waals surface area contributed by atoms with E-state index >= 15 is 0 Å². The van der Waals surface area contributed by atoms with Crippen LogP contribution in [-0.2, 0) is 14.6 Å². The first kappa shape index (κ1) is 12.4. The van der Waals surface area contributed by atoms with Gasteiger partial charge in [-0.1, -0.05) is 0 Å². The minimum Gasteiger partial charge on any atom is -0.481 e. The molecule has 1 saturated heterocycles. The van der Waals surface area contributed by atoms with Gasteiger partial charge in [-0.3, -0.25) is 4.79 Å². The molecule has 0 spiro atoms. The summed E-state index contributed by atoms with van der Waals surface area (Å²) in [6, 6.07) is 0. The lowest BCUT2D eigenvalue weighted by atomic mass is 9.78. The van der Waals surface area contributed by atoms with Crippen molar-refractivity contribution in [3.63, 3.8) is 0 Å². The van der Waals surface area contributed by atoms with E-state index in [0.29, 0.717) is 13.0 Å². The number of piperidine rings is 1. The lowest BCUT2D eigenvalue weighted by Crippen LogP contribution is -2.46. The highest BCUT2D eigenvalue weighted by Crippen LogP contribution is 2.30. The Balaban J connectivity index is 2.69. The van der Waals surface area contributed by atoms with Crippen LogP contribution >= 0.6 is 0 Å². The molecule has 0 amide bonds. The number of hydrogen-bond acceptors (Lipinski definition) is 4. The fraction of sp³-hybridized carbons (Fsp3) is 0.889. The van der Waals surface area contributed by atoms with Gasteiger partial charge in [0, 0.05) is 12.8 Å². The summed E-state index contributed by atoms with van der Waals surface area (Å²) in [5, 5.41) is 12.2. The topological polar surface area (TPSA) is 83.5 Å². The number of hydrogen-bond donors (Lipinski definition) is 2. The Hall–Kier alpha value is -0.620. The molecule has 0 aliphatic carbocycles. The summed E-state index contributed by atoms with van der Waals surface area (Å²) in [4.78, 5) is 11.2. The molecule has 1 aliphatic heterocycles. The Bertz CT molecular complexity index is 330. The number of aliphatic carboxylic acids is 1. The maximum absolute atomic E-state index is 11.2. The molecule has 0 bridgehead atoms. The van der Waals surface area contributed by atoms with Crippen molar-refractivity contribution in [1.29, 1.82) is 0 Å². The number of sulfone groups is 1. The van der Waals surface area contributed by atoms with E-state index in [4.69, 9.17) is 5.11 Å². The second-order valence-corrected chi connectivity index (χ2v) is 6.51. The zero-order valence-corrected chi connectivity index (χ0v) is 9.64. The predicted octanol–water partition coefficient (Wildman–Crippen LogP) is -0.124. The van der Waals surface area contributed by atoms with Gasteiger partial charge in [-0.2, -0.15) is 0 Å². The van der Waals surface area contributed by atoms with Crippen LogP contribution < -0.4 is 5.32 Å². The van der Waals surface area contributed by atoms with E-state index in [2.05, 4.69) is 5.32 Å². The summed E-state index contributed by atoms with van der Waals surface area (Å²) >= 11 is 0. The van der Waals surface area contributed by atoms with Crippen molar-refractivity contribution in [3.8, 4) is 0 Å². The molecule has 0 aromatic heterocycles. The Labute approximate surface area is 89.8 Å². The molecule has 88 valence electrons. The minimum atomic E-state index is -3.09. The number of carbonyl (C=O) groups is 1. The van der Waals surface area contributed by atoms with Gasteiger partial charge in [0.1, 0.15) is 9.84 Å². The summed E-state index contributed by atoms with van der Waals surface area (Å²) in [6.45, 7) is 1.19. The Morgan fingerprint density at radius 2 is 2.20 bits per heavy atom. The van der Waals surface area contributed by atoms with Gasteiger partial charge in [-0.25, -0.2) is 8.42 Å². The van der Waals surface area contributed by atoms with Crippen LogP contribution in [0.4, 0.5) is 0 Å². The lowest BCUT2D eigenvalue weighted by Gasteiger charge is -2.33. The molecule has 15 heavy (non-hydrogen) atoms. The molecule has 0 radical (unpaired) electrons. The molecule has 1 aliphatic rings. The van der Waals surface area contributed by atoms with Crippen molar-refractivity contribution in [1.82, 2.24) is 5.32 Å². The third-order valence-corrected chi connectivity index (χ3v) is 3.82. The zero-order valence-electron chi connectivity index (χ0n) is 8.82. The number of rotatable bonds is 4. The van der Waals surface area contributed by atoms with E-state index in [1.165, 1.54) is 0 Å². The fourth-order valence-electron chi connectivity index (χ4n) is 1.85. The Morgan fingerprint density at radius 1 is 1.53 bits per heavy atom. The summed E-state index contributed by atoms with van der Waals surface area (Å²) in [6.07, 6.45) is 2.69.